The molecule has 11 heavy (non-hydrogen) atoms. The summed E-state index contributed by atoms with van der Waals surface area (Å²) in [7, 11) is 0. The zero-order chi connectivity index (χ0) is 7.62. The summed E-state index contributed by atoms with van der Waals surface area (Å²) in [4.78, 5) is 0. The van der Waals surface area contributed by atoms with Gasteiger partial charge in [-0.2, -0.15) is 0 Å². The summed E-state index contributed by atoms with van der Waals surface area (Å²) in [5, 5.41) is -1.17. The Morgan fingerprint density at radius 3 is 1.55 bits per heavy atom. The standard InChI is InChI=1S/C6H9BF3.K/c1-5-2-6(3-5,4-5)7(8,9)10;/h2-4H2,1H3;/q-1;+1. The van der Waals surface area contributed by atoms with Gasteiger partial charge in [0, 0.05) is 0 Å². The molecule has 0 N–H and O–H groups in total. The van der Waals surface area contributed by atoms with E-state index in [0.717, 1.165) is 0 Å². The average Bonchev–Trinajstić information content (AvgIpc) is 1.51. The Balaban J connectivity index is 0.000000605. The van der Waals surface area contributed by atoms with Gasteiger partial charge in [0.2, 0.25) is 0 Å². The molecule has 0 radical (unpaired) electrons. The van der Waals surface area contributed by atoms with Crippen molar-refractivity contribution in [3.8, 4) is 0 Å². The molecule has 0 aromatic rings. The minimum atomic E-state index is -4.53. The third kappa shape index (κ3) is 1.28. The van der Waals surface area contributed by atoms with Crippen LogP contribution in [0.25, 0.3) is 0 Å². The Kier molecular flexibility index (Phi) is 2.40. The Hall–Kier alpha value is 1.49. The van der Waals surface area contributed by atoms with Crippen molar-refractivity contribution < 1.29 is 64.3 Å². The third-order valence-electron chi connectivity index (χ3n) is 3.03. The van der Waals surface area contributed by atoms with E-state index in [1.807, 2.05) is 6.92 Å². The molecule has 0 saturated heterocycles. The van der Waals surface area contributed by atoms with Crippen LogP contribution in [0.5, 0.6) is 0 Å². The monoisotopic (exact) mass is 188 g/mol. The molecule has 0 amide bonds. The first-order valence-corrected chi connectivity index (χ1v) is 3.56. The molecular formula is C6H9BF3K. The predicted octanol–water partition coefficient (Wildman–Crippen LogP) is -0.218. The van der Waals surface area contributed by atoms with Crippen LogP contribution in [0, 0.1) is 5.41 Å². The molecule has 0 spiro atoms. The second-order valence-corrected chi connectivity index (χ2v) is 4.28. The van der Waals surface area contributed by atoms with Crippen LogP contribution < -0.4 is 51.4 Å². The molecular weight excluding hydrogens is 179 g/mol. The molecule has 5 heteroatoms. The van der Waals surface area contributed by atoms with E-state index in [4.69, 9.17) is 0 Å². The van der Waals surface area contributed by atoms with Crippen LogP contribution in [-0.4, -0.2) is 6.98 Å². The van der Waals surface area contributed by atoms with E-state index < -0.39 is 12.3 Å². The number of hydrogen-bond donors (Lipinski definition) is 0. The van der Waals surface area contributed by atoms with Crippen LogP contribution >= 0.6 is 0 Å². The summed E-state index contributed by atoms with van der Waals surface area (Å²) in [6, 6.07) is 0. The molecule has 0 heterocycles. The molecule has 3 aliphatic rings. The normalized spacial score (nSPS) is 46.9. The fourth-order valence-electron chi connectivity index (χ4n) is 2.74. The van der Waals surface area contributed by atoms with Crippen LogP contribution in [0.4, 0.5) is 12.9 Å². The quantitative estimate of drug-likeness (QED) is 0.499. The predicted molar refractivity (Wildman–Crippen MR) is 33.7 cm³/mol. The van der Waals surface area contributed by atoms with Gasteiger partial charge in [-0.05, 0) is 5.41 Å². The molecule has 0 aromatic carbocycles. The molecule has 3 saturated carbocycles. The average molecular weight is 188 g/mol. The second-order valence-electron chi connectivity index (χ2n) is 4.28. The van der Waals surface area contributed by atoms with E-state index in [9.17, 15) is 12.9 Å². The summed E-state index contributed by atoms with van der Waals surface area (Å²) >= 11 is 0. The zero-order valence-corrected chi connectivity index (χ0v) is 9.96. The largest absolute Gasteiger partial charge is 1.00 e. The molecule has 2 bridgehead atoms. The van der Waals surface area contributed by atoms with Gasteiger partial charge >= 0.3 is 58.4 Å². The van der Waals surface area contributed by atoms with E-state index in [2.05, 4.69) is 0 Å². The van der Waals surface area contributed by atoms with Crippen molar-refractivity contribution in [1.29, 1.82) is 0 Å². The minimum absolute atomic E-state index is 0. The number of halogens is 3. The zero-order valence-electron chi connectivity index (χ0n) is 6.83. The maximum atomic E-state index is 12.2. The van der Waals surface area contributed by atoms with Gasteiger partial charge in [0.05, 0.1) is 0 Å². The minimum Gasteiger partial charge on any atom is -0.449 e. The fourth-order valence-corrected chi connectivity index (χ4v) is 2.74. The molecule has 3 rings (SSSR count). The van der Waals surface area contributed by atoms with Gasteiger partial charge in [0.25, 0.3) is 0 Å². The molecule has 0 unspecified atom stereocenters. The van der Waals surface area contributed by atoms with Crippen LogP contribution in [-0.2, 0) is 0 Å². The summed E-state index contributed by atoms with van der Waals surface area (Å²) in [5.74, 6) is 0. The maximum Gasteiger partial charge on any atom is 1.00 e. The molecule has 3 fully saturated rings. The van der Waals surface area contributed by atoms with Crippen molar-refractivity contribution >= 4 is 6.98 Å². The molecule has 58 valence electrons. The molecule has 3 aliphatic carbocycles. The summed E-state index contributed by atoms with van der Waals surface area (Å²) in [5.41, 5.74) is 0.0806. The van der Waals surface area contributed by atoms with Crippen molar-refractivity contribution in [2.24, 2.45) is 5.41 Å². The Morgan fingerprint density at radius 1 is 1.09 bits per heavy atom. The van der Waals surface area contributed by atoms with Crippen molar-refractivity contribution in [3.63, 3.8) is 0 Å². The summed E-state index contributed by atoms with van der Waals surface area (Å²) in [6.45, 7) is -2.59. The molecule has 0 atom stereocenters. The van der Waals surface area contributed by atoms with Gasteiger partial charge in [-0.25, -0.2) is 0 Å². The number of rotatable bonds is 1. The SMILES string of the molecule is CC12CC([B-](F)(F)F)(C1)C2.[K+]. The maximum absolute atomic E-state index is 12.2. The second kappa shape index (κ2) is 2.50. The van der Waals surface area contributed by atoms with Crippen LogP contribution in [0.15, 0.2) is 0 Å². The molecule has 0 aromatic heterocycles. The van der Waals surface area contributed by atoms with Crippen molar-refractivity contribution in [2.75, 3.05) is 0 Å². The summed E-state index contributed by atoms with van der Waals surface area (Å²) in [6.07, 6.45) is 1.22. The van der Waals surface area contributed by atoms with Crippen LogP contribution in [0.1, 0.15) is 26.2 Å². The van der Waals surface area contributed by atoms with Gasteiger partial charge in [-0.1, -0.05) is 31.5 Å². The van der Waals surface area contributed by atoms with E-state index in [1.54, 1.807) is 0 Å². The van der Waals surface area contributed by atoms with Gasteiger partial charge in [0.15, 0.2) is 0 Å². The molecule has 0 aliphatic heterocycles. The van der Waals surface area contributed by atoms with Gasteiger partial charge < -0.3 is 12.9 Å². The van der Waals surface area contributed by atoms with E-state index in [0.29, 0.717) is 19.3 Å². The molecule has 0 nitrogen and oxygen atoms in total. The summed E-state index contributed by atoms with van der Waals surface area (Å²) < 4.78 is 36.5. The van der Waals surface area contributed by atoms with Gasteiger partial charge in [-0.3, -0.25) is 0 Å². The van der Waals surface area contributed by atoms with Crippen LogP contribution in [0.3, 0.4) is 0 Å². The topological polar surface area (TPSA) is 0 Å². The van der Waals surface area contributed by atoms with Crippen molar-refractivity contribution in [1.82, 2.24) is 0 Å². The van der Waals surface area contributed by atoms with Crippen molar-refractivity contribution in [3.05, 3.63) is 0 Å². The van der Waals surface area contributed by atoms with Gasteiger partial charge in [0.1, 0.15) is 0 Å². The van der Waals surface area contributed by atoms with Gasteiger partial charge in [-0.15, -0.1) is 0 Å². The fraction of sp³-hybridized carbons (Fsp3) is 1.00. The first-order chi connectivity index (χ1) is 4.37. The van der Waals surface area contributed by atoms with Crippen molar-refractivity contribution in [2.45, 2.75) is 31.5 Å². The van der Waals surface area contributed by atoms with E-state index in [1.165, 1.54) is 0 Å². The van der Waals surface area contributed by atoms with E-state index >= 15 is 0 Å². The number of hydrogen-bond acceptors (Lipinski definition) is 0. The first-order valence-electron chi connectivity index (χ1n) is 3.56. The Morgan fingerprint density at radius 2 is 1.45 bits per heavy atom. The van der Waals surface area contributed by atoms with Crippen LogP contribution in [0.2, 0.25) is 5.31 Å². The third-order valence-corrected chi connectivity index (χ3v) is 3.03. The Labute approximate surface area is 107 Å². The van der Waals surface area contributed by atoms with E-state index in [-0.39, 0.29) is 56.8 Å². The smallest absolute Gasteiger partial charge is 0.449 e. The first kappa shape index (κ1) is 10.6. The Bertz CT molecular complexity index is 169.